The number of methoxy groups -OCH3 is 3. The Morgan fingerprint density at radius 1 is 0.690 bits per heavy atom. The Morgan fingerprint density at radius 2 is 1.39 bits per heavy atom. The summed E-state index contributed by atoms with van der Waals surface area (Å²) in [6.45, 7) is 6.46. The monoisotopic (exact) mass is 998 g/mol. The number of rotatable bonds is 22. The van der Waals surface area contributed by atoms with Gasteiger partial charge >= 0.3 is 24.0 Å². The molecule has 368 valence electrons. The molecule has 7 aromatic rings. The van der Waals surface area contributed by atoms with Crippen LogP contribution in [0.25, 0.3) is 22.5 Å². The van der Waals surface area contributed by atoms with Gasteiger partial charge < -0.3 is 44.1 Å². The Labute approximate surface area is 424 Å². The third kappa shape index (κ3) is 13.6. The number of carbonyl (C=O) groups is 2. The molecule has 0 saturated carbocycles. The van der Waals surface area contributed by atoms with Gasteiger partial charge in [-0.05, 0) is 105 Å². The van der Waals surface area contributed by atoms with Crippen molar-refractivity contribution in [3.8, 4) is 46.0 Å². The van der Waals surface area contributed by atoms with Crippen molar-refractivity contribution in [1.29, 1.82) is 0 Å². The number of esters is 1. The van der Waals surface area contributed by atoms with Crippen molar-refractivity contribution < 1.29 is 33.3 Å². The SMILES string of the molecule is CCOC(=O)C(C)(CN(CC)C(=O)Nc1cccc(-c2cc(N(CCc3ccc(OC)cc3)c3ccccc3)nc(OC)n2)c1)Oc1cccc(-c2cc(NCCc3ccc(Cl)cc3Cl)nc(OC)n2)c1. The van der Waals surface area contributed by atoms with E-state index in [4.69, 9.17) is 56.9 Å². The number of para-hydroxylation sites is 1. The highest BCUT2D eigenvalue weighted by Crippen LogP contribution is 2.33. The number of anilines is 4. The van der Waals surface area contributed by atoms with E-state index in [9.17, 15) is 9.59 Å². The summed E-state index contributed by atoms with van der Waals surface area (Å²) in [6, 6.07) is 41.4. The first-order valence-corrected chi connectivity index (χ1v) is 23.8. The number of amides is 2. The lowest BCUT2D eigenvalue weighted by atomic mass is 10.1. The molecule has 0 aliphatic heterocycles. The highest BCUT2D eigenvalue weighted by Gasteiger charge is 2.40. The van der Waals surface area contributed by atoms with E-state index in [1.807, 2.05) is 85.8 Å². The number of halogens is 2. The summed E-state index contributed by atoms with van der Waals surface area (Å²) in [4.78, 5) is 50.1. The number of urea groups is 1. The van der Waals surface area contributed by atoms with E-state index >= 15 is 0 Å². The van der Waals surface area contributed by atoms with E-state index < -0.39 is 17.6 Å². The van der Waals surface area contributed by atoms with Gasteiger partial charge in [-0.2, -0.15) is 19.9 Å². The average Bonchev–Trinajstić information content (AvgIpc) is 3.39. The van der Waals surface area contributed by atoms with E-state index in [1.165, 1.54) is 19.1 Å². The van der Waals surface area contributed by atoms with Gasteiger partial charge in [0.2, 0.25) is 5.60 Å². The van der Waals surface area contributed by atoms with E-state index in [-0.39, 0.29) is 31.7 Å². The van der Waals surface area contributed by atoms with Crippen LogP contribution in [-0.4, -0.2) is 96.6 Å². The normalized spacial score (nSPS) is 11.7. The summed E-state index contributed by atoms with van der Waals surface area (Å²) >= 11 is 12.5. The van der Waals surface area contributed by atoms with Gasteiger partial charge in [0.1, 0.15) is 23.1 Å². The van der Waals surface area contributed by atoms with Gasteiger partial charge in [-0.1, -0.05) is 83.9 Å². The van der Waals surface area contributed by atoms with Crippen LogP contribution in [0.4, 0.5) is 27.8 Å². The van der Waals surface area contributed by atoms with Crippen molar-refractivity contribution in [1.82, 2.24) is 24.8 Å². The number of hydrogen-bond acceptors (Lipinski definition) is 13. The van der Waals surface area contributed by atoms with Crippen LogP contribution in [0, 0.1) is 0 Å². The molecule has 0 aliphatic carbocycles. The molecule has 1 unspecified atom stereocenters. The van der Waals surface area contributed by atoms with Crippen molar-refractivity contribution in [2.75, 3.05) is 69.6 Å². The molecule has 5 aromatic carbocycles. The number of hydrogen-bond donors (Lipinski definition) is 2. The average molecular weight is 1000 g/mol. The molecular weight excluding hydrogens is 944 g/mol. The predicted molar refractivity (Wildman–Crippen MR) is 279 cm³/mol. The number of benzene rings is 5. The molecule has 15 nitrogen and oxygen atoms in total. The molecule has 71 heavy (non-hydrogen) atoms. The van der Waals surface area contributed by atoms with Gasteiger partial charge in [-0.3, -0.25) is 0 Å². The summed E-state index contributed by atoms with van der Waals surface area (Å²) in [6.07, 6.45) is 1.35. The molecule has 2 heterocycles. The Hall–Kier alpha value is -7.62. The number of likely N-dealkylation sites (N-methyl/N-ethyl adjacent to an activating group) is 1. The molecule has 0 fully saturated rings. The third-order valence-corrected chi connectivity index (χ3v) is 11.9. The van der Waals surface area contributed by atoms with Crippen LogP contribution < -0.4 is 34.5 Å². The maximum atomic E-state index is 14.1. The highest BCUT2D eigenvalue weighted by molar-refractivity contribution is 6.35. The maximum absolute atomic E-state index is 14.1. The minimum absolute atomic E-state index is 0.102. The fourth-order valence-electron chi connectivity index (χ4n) is 7.66. The Bertz CT molecular complexity index is 2910. The molecule has 0 saturated heterocycles. The fraction of sp³-hybridized carbons (Fsp3) is 0.259. The number of nitrogens with one attached hydrogen (secondary N) is 2. The van der Waals surface area contributed by atoms with Gasteiger partial charge in [0, 0.05) is 64.3 Å². The number of nitrogens with zero attached hydrogens (tertiary/aromatic N) is 6. The van der Waals surface area contributed by atoms with Crippen molar-refractivity contribution >= 4 is 58.2 Å². The molecule has 2 aromatic heterocycles. The van der Waals surface area contributed by atoms with Crippen molar-refractivity contribution in [2.45, 2.75) is 39.2 Å². The lowest BCUT2D eigenvalue weighted by molar-refractivity contribution is -0.161. The molecule has 0 radical (unpaired) electrons. The molecule has 2 N–H and O–H groups in total. The first kappa shape index (κ1) is 51.2. The zero-order valence-electron chi connectivity index (χ0n) is 40.4. The summed E-state index contributed by atoms with van der Waals surface area (Å²) in [5.74, 6) is 1.66. The summed E-state index contributed by atoms with van der Waals surface area (Å²) in [5.41, 5.74) is 4.39. The van der Waals surface area contributed by atoms with Crippen LogP contribution in [0.15, 0.2) is 133 Å². The zero-order valence-corrected chi connectivity index (χ0v) is 42.0. The third-order valence-electron chi connectivity index (χ3n) is 11.4. The van der Waals surface area contributed by atoms with Gasteiger partial charge in [0.05, 0.1) is 45.9 Å². The quantitative estimate of drug-likeness (QED) is 0.0618. The van der Waals surface area contributed by atoms with Crippen molar-refractivity contribution in [2.24, 2.45) is 0 Å². The molecule has 7 rings (SSSR count). The van der Waals surface area contributed by atoms with Crippen LogP contribution >= 0.6 is 23.2 Å². The highest BCUT2D eigenvalue weighted by atomic mass is 35.5. The van der Waals surface area contributed by atoms with Crippen LogP contribution in [0.5, 0.6) is 23.5 Å². The van der Waals surface area contributed by atoms with Gasteiger partial charge in [-0.15, -0.1) is 0 Å². The summed E-state index contributed by atoms with van der Waals surface area (Å²) in [5, 5.41) is 7.49. The van der Waals surface area contributed by atoms with E-state index in [0.29, 0.717) is 75.1 Å². The Kier molecular flexibility index (Phi) is 17.5. The molecular formula is C54H56Cl2N8O7. The van der Waals surface area contributed by atoms with Crippen LogP contribution in [0.2, 0.25) is 10.0 Å². The largest absolute Gasteiger partial charge is 0.497 e. The number of carbonyl (C=O) groups excluding carboxylic acids is 2. The molecule has 17 heteroatoms. The Morgan fingerprint density at radius 3 is 2.08 bits per heavy atom. The first-order valence-electron chi connectivity index (χ1n) is 23.0. The topological polar surface area (TPSA) is 162 Å². The molecule has 0 spiro atoms. The second kappa shape index (κ2) is 24.3. The van der Waals surface area contributed by atoms with Crippen LogP contribution in [0.3, 0.4) is 0 Å². The minimum Gasteiger partial charge on any atom is -0.497 e. The number of aromatic nitrogens is 4. The van der Waals surface area contributed by atoms with Gasteiger partial charge in [0.15, 0.2) is 0 Å². The standard InChI is InChI=1S/C54H56Cl2N8O7/c1-7-63(35-54(3,50(65)70-8-2)71-44-19-13-15-39(31-44)46-33-48(61-51(59-46)68-5)57-28-26-37-22-23-40(55)32-45(37)56)53(66)58-41-16-12-14-38(30-41)47-34-49(62-52(60-47)69-6)64(42-17-10-9-11-18-42)29-27-36-20-24-43(67-4)25-21-36/h9-25,30-34H,7-8,26-29,35H2,1-6H3,(H,58,66)(H,57,59,61). The first-order chi connectivity index (χ1) is 34.4. The molecule has 0 bridgehead atoms. The molecule has 1 atom stereocenters. The summed E-state index contributed by atoms with van der Waals surface area (Å²) < 4.78 is 28.5. The van der Waals surface area contributed by atoms with E-state index in [1.54, 1.807) is 63.4 Å². The predicted octanol–water partition coefficient (Wildman–Crippen LogP) is 11.2. The second-order valence-corrected chi connectivity index (χ2v) is 17.2. The Balaban J connectivity index is 1.08. The van der Waals surface area contributed by atoms with E-state index in [0.717, 1.165) is 29.0 Å². The molecule has 2 amide bonds. The van der Waals surface area contributed by atoms with Crippen LogP contribution in [0.1, 0.15) is 31.9 Å². The lowest BCUT2D eigenvalue weighted by Crippen LogP contribution is -2.54. The van der Waals surface area contributed by atoms with Crippen molar-refractivity contribution in [3.05, 3.63) is 155 Å². The maximum Gasteiger partial charge on any atom is 0.352 e. The number of ether oxygens (including phenoxy) is 5. The van der Waals surface area contributed by atoms with Gasteiger partial charge in [0.25, 0.3) is 0 Å². The van der Waals surface area contributed by atoms with Gasteiger partial charge in [-0.25, -0.2) is 9.59 Å². The fourth-order valence-corrected chi connectivity index (χ4v) is 8.17. The van der Waals surface area contributed by atoms with Crippen LogP contribution in [-0.2, 0) is 22.4 Å². The smallest absolute Gasteiger partial charge is 0.352 e. The molecule has 0 aliphatic rings. The zero-order chi connectivity index (χ0) is 50.3. The minimum atomic E-state index is -1.63. The summed E-state index contributed by atoms with van der Waals surface area (Å²) in [7, 11) is 4.67. The van der Waals surface area contributed by atoms with Crippen molar-refractivity contribution in [3.63, 3.8) is 0 Å². The second-order valence-electron chi connectivity index (χ2n) is 16.3. The van der Waals surface area contributed by atoms with E-state index in [2.05, 4.69) is 37.6 Å². The lowest BCUT2D eigenvalue weighted by Gasteiger charge is -2.33.